The first-order valence-corrected chi connectivity index (χ1v) is 10.3. The molecule has 1 atom stereocenters. The largest absolute Gasteiger partial charge is 0.484 e. The summed E-state index contributed by atoms with van der Waals surface area (Å²) in [4.78, 5) is 24.6. The third-order valence-corrected chi connectivity index (χ3v) is 5.22. The van der Waals surface area contributed by atoms with E-state index in [1.807, 2.05) is 24.3 Å². The second-order valence-corrected chi connectivity index (χ2v) is 7.56. The van der Waals surface area contributed by atoms with Crippen LogP contribution in [0, 0.1) is 0 Å². The number of carbonyl (C=O) groups is 2. The van der Waals surface area contributed by atoms with Gasteiger partial charge in [0, 0.05) is 21.8 Å². The van der Waals surface area contributed by atoms with Gasteiger partial charge in [-0.15, -0.1) is 0 Å². The SMILES string of the molecule is CC[C@@H](C)c1ccc(NC(=O)COc2ccc(C(=O)c3ccc(Cl)cc3)cc2)cc1. The number of amides is 1. The molecule has 1 amide bonds. The lowest BCUT2D eigenvalue weighted by Crippen LogP contribution is -2.20. The van der Waals surface area contributed by atoms with E-state index in [9.17, 15) is 9.59 Å². The van der Waals surface area contributed by atoms with Gasteiger partial charge in [-0.2, -0.15) is 0 Å². The van der Waals surface area contributed by atoms with Crippen LogP contribution in [-0.4, -0.2) is 18.3 Å². The highest BCUT2D eigenvalue weighted by Crippen LogP contribution is 2.21. The number of benzene rings is 3. The van der Waals surface area contributed by atoms with Gasteiger partial charge in [-0.25, -0.2) is 0 Å². The highest BCUT2D eigenvalue weighted by Gasteiger charge is 2.10. The molecule has 1 N–H and O–H groups in total. The Hall–Kier alpha value is -3.11. The Morgan fingerprint density at radius 1 is 0.900 bits per heavy atom. The molecule has 0 bridgehead atoms. The van der Waals surface area contributed by atoms with E-state index in [0.717, 1.165) is 12.1 Å². The minimum Gasteiger partial charge on any atom is -0.484 e. The predicted molar refractivity (Wildman–Crippen MR) is 121 cm³/mol. The summed E-state index contributed by atoms with van der Waals surface area (Å²) in [5, 5.41) is 3.41. The molecular formula is C25H24ClNO3. The first kappa shape index (κ1) is 21.6. The van der Waals surface area contributed by atoms with Gasteiger partial charge in [0.05, 0.1) is 0 Å². The van der Waals surface area contributed by atoms with Crippen LogP contribution in [0.3, 0.4) is 0 Å². The van der Waals surface area contributed by atoms with Gasteiger partial charge in [0.2, 0.25) is 0 Å². The monoisotopic (exact) mass is 421 g/mol. The maximum atomic E-state index is 12.5. The molecule has 0 aliphatic carbocycles. The van der Waals surface area contributed by atoms with Crippen LogP contribution < -0.4 is 10.1 Å². The van der Waals surface area contributed by atoms with Crippen molar-refractivity contribution in [1.29, 1.82) is 0 Å². The molecule has 4 nitrogen and oxygen atoms in total. The molecule has 0 fully saturated rings. The molecule has 0 aromatic heterocycles. The third-order valence-electron chi connectivity index (χ3n) is 4.97. The lowest BCUT2D eigenvalue weighted by Gasteiger charge is -2.11. The summed E-state index contributed by atoms with van der Waals surface area (Å²) < 4.78 is 5.53. The van der Waals surface area contributed by atoms with E-state index in [2.05, 4.69) is 19.2 Å². The fourth-order valence-electron chi connectivity index (χ4n) is 2.95. The molecule has 5 heteroatoms. The van der Waals surface area contributed by atoms with Gasteiger partial charge in [-0.1, -0.05) is 37.6 Å². The Labute approximate surface area is 181 Å². The minimum absolute atomic E-state index is 0.100. The summed E-state index contributed by atoms with van der Waals surface area (Å²) in [7, 11) is 0. The maximum Gasteiger partial charge on any atom is 0.262 e. The van der Waals surface area contributed by atoms with Crippen molar-refractivity contribution in [3.05, 3.63) is 94.5 Å². The molecule has 0 unspecified atom stereocenters. The zero-order valence-electron chi connectivity index (χ0n) is 17.0. The predicted octanol–water partition coefficient (Wildman–Crippen LogP) is 6.10. The van der Waals surface area contributed by atoms with E-state index in [4.69, 9.17) is 16.3 Å². The van der Waals surface area contributed by atoms with Gasteiger partial charge in [0.1, 0.15) is 5.75 Å². The van der Waals surface area contributed by atoms with E-state index in [0.29, 0.717) is 27.8 Å². The molecule has 0 aliphatic rings. The van der Waals surface area contributed by atoms with Gasteiger partial charge in [0.15, 0.2) is 12.4 Å². The first-order chi connectivity index (χ1) is 14.5. The van der Waals surface area contributed by atoms with E-state index >= 15 is 0 Å². The summed E-state index contributed by atoms with van der Waals surface area (Å²) >= 11 is 5.86. The van der Waals surface area contributed by atoms with Gasteiger partial charge >= 0.3 is 0 Å². The molecule has 154 valence electrons. The second kappa shape index (κ2) is 10.1. The van der Waals surface area contributed by atoms with Crippen LogP contribution in [0.15, 0.2) is 72.8 Å². The Balaban J connectivity index is 1.52. The normalized spacial score (nSPS) is 11.6. The summed E-state index contributed by atoms with van der Waals surface area (Å²) in [6.45, 7) is 4.21. The molecule has 0 heterocycles. The molecule has 3 aromatic carbocycles. The number of nitrogens with one attached hydrogen (secondary N) is 1. The maximum absolute atomic E-state index is 12.5. The Morgan fingerprint density at radius 3 is 2.03 bits per heavy atom. The number of rotatable bonds is 8. The fourth-order valence-corrected chi connectivity index (χ4v) is 3.07. The van der Waals surface area contributed by atoms with E-state index in [-0.39, 0.29) is 18.3 Å². The molecule has 0 radical (unpaired) electrons. The summed E-state index contributed by atoms with van der Waals surface area (Å²) in [5.74, 6) is 0.668. The number of carbonyl (C=O) groups excluding carboxylic acids is 2. The van der Waals surface area contributed by atoms with Gasteiger partial charge in [0.25, 0.3) is 5.91 Å². The lowest BCUT2D eigenvalue weighted by atomic mass is 9.99. The Bertz CT molecular complexity index is 996. The third kappa shape index (κ3) is 5.71. The molecule has 3 rings (SSSR count). The zero-order valence-corrected chi connectivity index (χ0v) is 17.8. The minimum atomic E-state index is -0.243. The molecule has 30 heavy (non-hydrogen) atoms. The van der Waals surface area contributed by atoms with Crippen molar-refractivity contribution >= 4 is 29.0 Å². The Morgan fingerprint density at radius 2 is 1.47 bits per heavy atom. The van der Waals surface area contributed by atoms with Crippen LogP contribution in [0.25, 0.3) is 0 Å². The molecular weight excluding hydrogens is 398 g/mol. The average Bonchev–Trinajstić information content (AvgIpc) is 2.78. The summed E-state index contributed by atoms with van der Waals surface area (Å²) in [6.07, 6.45) is 1.07. The van der Waals surface area contributed by atoms with Crippen molar-refractivity contribution in [2.75, 3.05) is 11.9 Å². The quantitative estimate of drug-likeness (QED) is 0.447. The fraction of sp³-hybridized carbons (Fsp3) is 0.200. The molecule has 3 aromatic rings. The Kier molecular flexibility index (Phi) is 7.26. The molecule has 0 saturated heterocycles. The van der Waals surface area contributed by atoms with Crippen LogP contribution >= 0.6 is 11.6 Å². The number of ether oxygens (including phenoxy) is 1. The van der Waals surface area contributed by atoms with Crippen molar-refractivity contribution in [3.63, 3.8) is 0 Å². The van der Waals surface area contributed by atoms with E-state index < -0.39 is 0 Å². The van der Waals surface area contributed by atoms with Crippen LogP contribution in [0.2, 0.25) is 5.02 Å². The van der Waals surface area contributed by atoms with Crippen molar-refractivity contribution in [2.45, 2.75) is 26.2 Å². The molecule has 0 saturated carbocycles. The van der Waals surface area contributed by atoms with Crippen molar-refractivity contribution in [2.24, 2.45) is 0 Å². The molecule has 0 spiro atoms. The van der Waals surface area contributed by atoms with Crippen LogP contribution in [0.1, 0.15) is 47.7 Å². The van der Waals surface area contributed by atoms with Crippen molar-refractivity contribution in [1.82, 2.24) is 0 Å². The number of hydrogen-bond donors (Lipinski definition) is 1. The number of anilines is 1. The number of ketones is 1. The second-order valence-electron chi connectivity index (χ2n) is 7.13. The van der Waals surface area contributed by atoms with Crippen LogP contribution in [0.4, 0.5) is 5.69 Å². The van der Waals surface area contributed by atoms with Crippen LogP contribution in [-0.2, 0) is 4.79 Å². The smallest absolute Gasteiger partial charge is 0.262 e. The topological polar surface area (TPSA) is 55.4 Å². The highest BCUT2D eigenvalue weighted by molar-refractivity contribution is 6.30. The van der Waals surface area contributed by atoms with Crippen molar-refractivity contribution < 1.29 is 14.3 Å². The zero-order chi connectivity index (χ0) is 21.5. The first-order valence-electron chi connectivity index (χ1n) is 9.89. The van der Waals surface area contributed by atoms with Crippen molar-refractivity contribution in [3.8, 4) is 5.75 Å². The van der Waals surface area contributed by atoms with Crippen LogP contribution in [0.5, 0.6) is 5.75 Å². The van der Waals surface area contributed by atoms with Gasteiger partial charge in [-0.05, 0) is 78.6 Å². The lowest BCUT2D eigenvalue weighted by molar-refractivity contribution is -0.118. The molecule has 0 aliphatic heterocycles. The standard InChI is InChI=1S/C25H24ClNO3/c1-3-17(2)18-6-12-22(13-7-18)27-24(28)16-30-23-14-8-20(9-15-23)25(29)19-4-10-21(26)11-5-19/h4-15,17H,3,16H2,1-2H3,(H,27,28)/t17-/m1/s1. The number of halogens is 1. The summed E-state index contributed by atoms with van der Waals surface area (Å²) in [6, 6.07) is 21.3. The van der Waals surface area contributed by atoms with Gasteiger partial charge < -0.3 is 10.1 Å². The highest BCUT2D eigenvalue weighted by atomic mass is 35.5. The number of hydrogen-bond acceptors (Lipinski definition) is 3. The van der Waals surface area contributed by atoms with E-state index in [1.165, 1.54) is 5.56 Å². The van der Waals surface area contributed by atoms with Gasteiger partial charge in [-0.3, -0.25) is 9.59 Å². The average molecular weight is 422 g/mol. The van der Waals surface area contributed by atoms with E-state index in [1.54, 1.807) is 48.5 Å². The summed E-state index contributed by atoms with van der Waals surface area (Å²) in [5.41, 5.74) is 3.09.